The smallest absolute Gasteiger partial charge is 0.276 e. The van der Waals surface area contributed by atoms with Gasteiger partial charge in [0.25, 0.3) is 5.91 Å². The van der Waals surface area contributed by atoms with Crippen LogP contribution in [0.2, 0.25) is 0 Å². The number of nitrogens with one attached hydrogen (secondary N) is 2. The number of hydrogen-bond donors (Lipinski definition) is 2. The molecular weight excluding hydrogens is 304 g/mol. The summed E-state index contributed by atoms with van der Waals surface area (Å²) in [5, 5.41) is 0. The molecule has 0 spiro atoms. The average Bonchev–Trinajstić information content (AvgIpc) is 2.41. The Morgan fingerprint density at radius 3 is 2.38 bits per heavy atom. The van der Waals surface area contributed by atoms with E-state index in [1.807, 2.05) is 46.8 Å². The second kappa shape index (κ2) is 7.07. The topological polar surface area (TPSA) is 67.4 Å². The van der Waals surface area contributed by atoms with E-state index in [0.717, 1.165) is 29.0 Å². The maximum absolute atomic E-state index is 12.0. The van der Waals surface area contributed by atoms with Crippen LogP contribution in [-0.4, -0.2) is 18.3 Å². The number of benzene rings is 1. The summed E-state index contributed by atoms with van der Waals surface area (Å²) >= 11 is 0. The van der Waals surface area contributed by atoms with Crippen molar-refractivity contribution in [1.29, 1.82) is 0 Å². The average molecular weight is 330 g/mol. The highest BCUT2D eigenvalue weighted by Crippen LogP contribution is 2.32. The molecule has 0 radical (unpaired) electrons. The van der Waals surface area contributed by atoms with Crippen molar-refractivity contribution < 1.29 is 14.3 Å². The zero-order chi connectivity index (χ0) is 17.9. The summed E-state index contributed by atoms with van der Waals surface area (Å²) in [6, 6.07) is 4.05. The minimum Gasteiger partial charge on any atom is -0.483 e. The lowest BCUT2D eigenvalue weighted by Crippen LogP contribution is -2.42. The highest BCUT2D eigenvalue weighted by molar-refractivity contribution is 5.91. The van der Waals surface area contributed by atoms with Gasteiger partial charge in [-0.25, -0.2) is 0 Å². The quantitative estimate of drug-likeness (QED) is 0.815. The SMILES string of the molecule is Cc1cc(C)c(OCC(=O)NNC2=CC(=O)CC(C)(C)C2)c(C)c1. The van der Waals surface area contributed by atoms with E-state index in [1.165, 1.54) is 5.56 Å². The molecule has 1 aliphatic rings. The summed E-state index contributed by atoms with van der Waals surface area (Å²) < 4.78 is 5.65. The lowest BCUT2D eigenvalue weighted by Gasteiger charge is -2.29. The van der Waals surface area contributed by atoms with Crippen LogP contribution < -0.4 is 15.6 Å². The van der Waals surface area contributed by atoms with Gasteiger partial charge in [0.2, 0.25) is 0 Å². The van der Waals surface area contributed by atoms with Gasteiger partial charge in [0.05, 0.1) is 0 Å². The molecule has 1 amide bonds. The normalized spacial score (nSPS) is 16.4. The number of amides is 1. The van der Waals surface area contributed by atoms with Gasteiger partial charge in [0.1, 0.15) is 5.75 Å². The largest absolute Gasteiger partial charge is 0.483 e. The fourth-order valence-electron chi connectivity index (χ4n) is 3.14. The Morgan fingerprint density at radius 1 is 1.17 bits per heavy atom. The molecule has 2 N–H and O–H groups in total. The molecule has 24 heavy (non-hydrogen) atoms. The van der Waals surface area contributed by atoms with Crippen molar-refractivity contribution in [2.24, 2.45) is 5.41 Å². The van der Waals surface area contributed by atoms with E-state index in [1.54, 1.807) is 6.08 Å². The number of carbonyl (C=O) groups is 2. The van der Waals surface area contributed by atoms with E-state index < -0.39 is 0 Å². The van der Waals surface area contributed by atoms with Crippen LogP contribution in [0.4, 0.5) is 0 Å². The van der Waals surface area contributed by atoms with Crippen molar-refractivity contribution in [3.8, 4) is 5.75 Å². The first-order chi connectivity index (χ1) is 11.2. The summed E-state index contributed by atoms with van der Waals surface area (Å²) in [4.78, 5) is 23.7. The fourth-order valence-corrected chi connectivity index (χ4v) is 3.14. The van der Waals surface area contributed by atoms with Gasteiger partial charge in [-0.05, 0) is 43.7 Å². The predicted octanol–water partition coefficient (Wildman–Crippen LogP) is 2.88. The van der Waals surface area contributed by atoms with E-state index in [0.29, 0.717) is 6.42 Å². The number of hydrazine groups is 1. The summed E-state index contributed by atoms with van der Waals surface area (Å²) in [5.74, 6) is 0.528. The van der Waals surface area contributed by atoms with Gasteiger partial charge >= 0.3 is 0 Å². The molecule has 0 saturated heterocycles. The van der Waals surface area contributed by atoms with Gasteiger partial charge < -0.3 is 10.2 Å². The maximum Gasteiger partial charge on any atom is 0.276 e. The van der Waals surface area contributed by atoms with Crippen LogP contribution in [0.25, 0.3) is 0 Å². The molecule has 2 rings (SSSR count). The maximum atomic E-state index is 12.0. The first-order valence-electron chi connectivity index (χ1n) is 8.15. The van der Waals surface area contributed by atoms with E-state index in [9.17, 15) is 9.59 Å². The van der Waals surface area contributed by atoms with Gasteiger partial charge in [-0.15, -0.1) is 0 Å². The summed E-state index contributed by atoms with van der Waals surface area (Å²) in [6.45, 7) is 9.95. The van der Waals surface area contributed by atoms with Gasteiger partial charge in [-0.2, -0.15) is 0 Å². The van der Waals surface area contributed by atoms with Crippen molar-refractivity contribution in [3.63, 3.8) is 0 Å². The minimum atomic E-state index is -0.286. The van der Waals surface area contributed by atoms with E-state index in [-0.39, 0.29) is 23.7 Å². The number of aryl methyl sites for hydroxylation is 3. The Morgan fingerprint density at radius 2 is 1.79 bits per heavy atom. The Balaban J connectivity index is 1.88. The van der Waals surface area contributed by atoms with Gasteiger partial charge in [0.15, 0.2) is 12.4 Å². The zero-order valence-electron chi connectivity index (χ0n) is 15.1. The molecule has 0 unspecified atom stereocenters. The molecule has 1 aliphatic carbocycles. The van der Waals surface area contributed by atoms with Crippen molar-refractivity contribution >= 4 is 11.7 Å². The van der Waals surface area contributed by atoms with Crippen LogP contribution in [0.1, 0.15) is 43.4 Å². The second-order valence-corrected chi connectivity index (χ2v) is 7.34. The standard InChI is InChI=1S/C19H26N2O3/c1-12-6-13(2)18(14(3)7-12)24-11-17(23)21-20-15-8-16(22)10-19(4,5)9-15/h6-8,20H,9-11H2,1-5H3,(H,21,23). The van der Waals surface area contributed by atoms with E-state index in [2.05, 4.69) is 10.9 Å². The van der Waals surface area contributed by atoms with Crippen molar-refractivity contribution in [1.82, 2.24) is 10.9 Å². The predicted molar refractivity (Wildman–Crippen MR) is 93.5 cm³/mol. The van der Waals surface area contributed by atoms with Crippen LogP contribution in [0, 0.1) is 26.2 Å². The molecule has 0 atom stereocenters. The molecule has 0 bridgehead atoms. The highest BCUT2D eigenvalue weighted by Gasteiger charge is 2.27. The Kier molecular flexibility index (Phi) is 5.32. The molecule has 0 fully saturated rings. The molecule has 5 nitrogen and oxygen atoms in total. The number of ketones is 1. The number of carbonyl (C=O) groups excluding carboxylic acids is 2. The molecule has 5 heteroatoms. The number of hydrogen-bond acceptors (Lipinski definition) is 4. The Hall–Kier alpha value is -2.30. The molecule has 1 aromatic rings. The molecule has 130 valence electrons. The summed E-state index contributed by atoms with van der Waals surface area (Å²) in [5.41, 5.74) is 9.26. The highest BCUT2D eigenvalue weighted by atomic mass is 16.5. The van der Waals surface area contributed by atoms with Crippen molar-refractivity contribution in [2.75, 3.05) is 6.61 Å². The van der Waals surface area contributed by atoms with Crippen LogP contribution in [0.3, 0.4) is 0 Å². The molecular formula is C19H26N2O3. The number of rotatable bonds is 5. The van der Waals surface area contributed by atoms with Gasteiger partial charge in [0, 0.05) is 18.2 Å². The van der Waals surface area contributed by atoms with Crippen LogP contribution in [0.5, 0.6) is 5.75 Å². The first kappa shape index (κ1) is 18.0. The lowest BCUT2D eigenvalue weighted by atomic mass is 9.79. The number of ether oxygens (including phenoxy) is 1. The van der Waals surface area contributed by atoms with E-state index >= 15 is 0 Å². The van der Waals surface area contributed by atoms with Crippen LogP contribution in [-0.2, 0) is 9.59 Å². The third kappa shape index (κ3) is 4.85. The fraction of sp³-hybridized carbons (Fsp3) is 0.474. The van der Waals surface area contributed by atoms with Crippen LogP contribution >= 0.6 is 0 Å². The molecule has 0 heterocycles. The molecule has 1 aromatic carbocycles. The zero-order valence-corrected chi connectivity index (χ0v) is 15.1. The third-order valence-corrected chi connectivity index (χ3v) is 3.97. The van der Waals surface area contributed by atoms with Gasteiger partial charge in [-0.3, -0.25) is 15.0 Å². The minimum absolute atomic E-state index is 0.0742. The molecule has 0 aromatic heterocycles. The van der Waals surface area contributed by atoms with Crippen molar-refractivity contribution in [2.45, 2.75) is 47.5 Å². The monoisotopic (exact) mass is 330 g/mol. The molecule has 0 aliphatic heterocycles. The van der Waals surface area contributed by atoms with Crippen LogP contribution in [0.15, 0.2) is 23.9 Å². The Labute approximate surface area is 143 Å². The number of allylic oxidation sites excluding steroid dienone is 2. The third-order valence-electron chi connectivity index (χ3n) is 3.97. The lowest BCUT2D eigenvalue weighted by molar-refractivity contribution is -0.124. The second-order valence-electron chi connectivity index (χ2n) is 7.34. The van der Waals surface area contributed by atoms with E-state index in [4.69, 9.17) is 4.74 Å². The Bertz CT molecular complexity index is 667. The molecule has 0 saturated carbocycles. The van der Waals surface area contributed by atoms with Gasteiger partial charge in [-0.1, -0.05) is 31.5 Å². The summed E-state index contributed by atoms with van der Waals surface area (Å²) in [7, 11) is 0. The summed E-state index contributed by atoms with van der Waals surface area (Å²) in [6.07, 6.45) is 2.80. The van der Waals surface area contributed by atoms with Crippen molar-refractivity contribution in [3.05, 3.63) is 40.6 Å². The first-order valence-corrected chi connectivity index (χ1v) is 8.15.